The van der Waals surface area contributed by atoms with E-state index in [4.69, 9.17) is 11.3 Å². The first-order valence-electron chi connectivity index (χ1n) is 10.4. The highest BCUT2D eigenvalue weighted by molar-refractivity contribution is 5.86. The molecule has 4 aromatic rings. The Morgan fingerprint density at radius 3 is 2.82 bits per heavy atom. The SMILES string of the molecule is [C-]#[N+]c1ccc2ncn(-c3nc(N4CC(F)(F)C4)c4[nH]c(=O)n(CCCCOC)c4n3)c2c1. The normalized spacial score (nSPS) is 15.2. The highest BCUT2D eigenvalue weighted by Crippen LogP contribution is 2.34. The van der Waals surface area contributed by atoms with Gasteiger partial charge in [-0.05, 0) is 25.0 Å². The summed E-state index contributed by atoms with van der Waals surface area (Å²) in [6.45, 7) is 7.24. The van der Waals surface area contributed by atoms with Crippen molar-refractivity contribution in [3.63, 3.8) is 0 Å². The number of unbranched alkanes of at least 4 members (excludes halogenated alkanes) is 1. The van der Waals surface area contributed by atoms with Crippen molar-refractivity contribution < 1.29 is 13.5 Å². The number of nitrogens with one attached hydrogen (secondary N) is 1. The van der Waals surface area contributed by atoms with Crippen LogP contribution in [0.3, 0.4) is 0 Å². The van der Waals surface area contributed by atoms with E-state index in [-0.39, 0.29) is 17.5 Å². The Bertz CT molecular complexity index is 1440. The molecule has 4 heterocycles. The van der Waals surface area contributed by atoms with E-state index >= 15 is 0 Å². The average molecular weight is 454 g/mol. The van der Waals surface area contributed by atoms with Crippen molar-refractivity contribution in [1.82, 2.24) is 29.1 Å². The Hall–Kier alpha value is -3.85. The number of ether oxygens (including phenoxy) is 1. The van der Waals surface area contributed by atoms with Crippen LogP contribution in [0.1, 0.15) is 12.8 Å². The number of methoxy groups -OCH3 is 1. The largest absolute Gasteiger partial charge is 0.385 e. The summed E-state index contributed by atoms with van der Waals surface area (Å²) in [5.41, 5.74) is 1.92. The maximum atomic E-state index is 13.6. The van der Waals surface area contributed by atoms with Crippen LogP contribution in [0.25, 0.3) is 33.0 Å². The highest BCUT2D eigenvalue weighted by atomic mass is 19.3. The molecule has 1 aromatic carbocycles. The Labute approximate surface area is 186 Å². The van der Waals surface area contributed by atoms with Crippen LogP contribution in [0.2, 0.25) is 0 Å². The fourth-order valence-corrected chi connectivity index (χ4v) is 3.95. The third kappa shape index (κ3) is 3.70. The summed E-state index contributed by atoms with van der Waals surface area (Å²) in [6, 6.07) is 5.04. The summed E-state index contributed by atoms with van der Waals surface area (Å²) in [5.74, 6) is -2.40. The first-order valence-corrected chi connectivity index (χ1v) is 10.4. The molecule has 0 bridgehead atoms. The van der Waals surface area contributed by atoms with Crippen molar-refractivity contribution in [2.24, 2.45) is 0 Å². The van der Waals surface area contributed by atoms with Gasteiger partial charge in [-0.25, -0.2) is 23.4 Å². The molecule has 170 valence electrons. The first kappa shape index (κ1) is 21.0. The van der Waals surface area contributed by atoms with Crippen LogP contribution in [0.5, 0.6) is 0 Å². The molecule has 1 fully saturated rings. The number of hydrogen-bond acceptors (Lipinski definition) is 6. The van der Waals surface area contributed by atoms with E-state index in [0.717, 1.165) is 6.42 Å². The maximum absolute atomic E-state index is 13.6. The molecule has 1 N–H and O–H groups in total. The minimum Gasteiger partial charge on any atom is -0.385 e. The topological polar surface area (TPSA) is 98.2 Å². The quantitative estimate of drug-likeness (QED) is 0.341. The molecule has 0 unspecified atom stereocenters. The fraction of sp³-hybridized carbons (Fsp3) is 0.381. The minimum atomic E-state index is -2.81. The number of aryl methyl sites for hydroxylation is 1. The lowest BCUT2D eigenvalue weighted by molar-refractivity contribution is -0.0265. The molecule has 12 heteroatoms. The molecule has 33 heavy (non-hydrogen) atoms. The van der Waals surface area contributed by atoms with Crippen LogP contribution < -0.4 is 10.6 Å². The van der Waals surface area contributed by atoms with Crippen molar-refractivity contribution in [3.05, 3.63) is 46.4 Å². The Kier molecular flexibility index (Phi) is 5.05. The van der Waals surface area contributed by atoms with Gasteiger partial charge in [0.25, 0.3) is 5.92 Å². The lowest BCUT2D eigenvalue weighted by atomic mass is 10.1. The summed E-state index contributed by atoms with van der Waals surface area (Å²) in [4.78, 5) is 33.8. The van der Waals surface area contributed by atoms with E-state index in [2.05, 4.69) is 24.8 Å². The zero-order valence-electron chi connectivity index (χ0n) is 17.8. The number of fused-ring (bicyclic) bond motifs is 2. The highest BCUT2D eigenvalue weighted by Gasteiger charge is 2.45. The average Bonchev–Trinajstić information content (AvgIpc) is 3.34. The van der Waals surface area contributed by atoms with Gasteiger partial charge >= 0.3 is 5.69 Å². The zero-order valence-corrected chi connectivity index (χ0v) is 17.8. The fourth-order valence-electron chi connectivity index (χ4n) is 3.95. The molecular formula is C21H20F2N8O2. The van der Waals surface area contributed by atoms with Gasteiger partial charge in [0.2, 0.25) is 5.95 Å². The molecule has 0 spiro atoms. The van der Waals surface area contributed by atoms with Crippen LogP contribution in [0.4, 0.5) is 20.3 Å². The van der Waals surface area contributed by atoms with Crippen molar-refractivity contribution in [2.45, 2.75) is 25.3 Å². The second-order valence-electron chi connectivity index (χ2n) is 7.94. The standard InChI is InChI=1S/C21H20F2N8O2/c1-24-13-5-6-14-15(9-13)31(12-25-14)19-27-17(29-10-21(22,23)11-29)16-18(28-19)30(20(32)26-16)7-3-4-8-33-2/h5-6,9,12H,3-4,7-8,10-11H2,2H3,(H,26,32). The molecule has 10 nitrogen and oxygen atoms in total. The monoisotopic (exact) mass is 454 g/mol. The number of aromatic nitrogens is 6. The number of hydrogen-bond donors (Lipinski definition) is 1. The molecule has 0 radical (unpaired) electrons. The number of aromatic amines is 1. The zero-order chi connectivity index (χ0) is 23.2. The number of H-pyrrole nitrogens is 1. The first-order chi connectivity index (χ1) is 15.9. The molecule has 1 aliphatic heterocycles. The maximum Gasteiger partial charge on any atom is 0.327 e. The number of alkyl halides is 2. The van der Waals surface area contributed by atoms with Gasteiger partial charge in [-0.2, -0.15) is 9.97 Å². The van der Waals surface area contributed by atoms with E-state index in [1.54, 1.807) is 29.9 Å². The number of anilines is 1. The Balaban J connectivity index is 1.66. The Morgan fingerprint density at radius 2 is 2.09 bits per heavy atom. The van der Waals surface area contributed by atoms with Gasteiger partial charge in [0.15, 0.2) is 17.2 Å². The van der Waals surface area contributed by atoms with Crippen molar-refractivity contribution in [3.8, 4) is 5.95 Å². The summed E-state index contributed by atoms with van der Waals surface area (Å²) in [5, 5.41) is 0. The van der Waals surface area contributed by atoms with Crippen LogP contribution >= 0.6 is 0 Å². The molecule has 0 amide bonds. The van der Waals surface area contributed by atoms with Gasteiger partial charge in [-0.3, -0.25) is 9.13 Å². The van der Waals surface area contributed by atoms with Crippen LogP contribution in [-0.2, 0) is 11.3 Å². The minimum absolute atomic E-state index is 0.182. The van der Waals surface area contributed by atoms with Crippen molar-refractivity contribution in [1.29, 1.82) is 0 Å². The van der Waals surface area contributed by atoms with Gasteiger partial charge in [-0.15, -0.1) is 0 Å². The Morgan fingerprint density at radius 1 is 1.27 bits per heavy atom. The van der Waals surface area contributed by atoms with Gasteiger partial charge in [0, 0.05) is 20.3 Å². The van der Waals surface area contributed by atoms with E-state index in [1.165, 1.54) is 15.8 Å². The number of benzene rings is 1. The summed E-state index contributed by atoms with van der Waals surface area (Å²) in [7, 11) is 1.61. The lowest BCUT2D eigenvalue weighted by Gasteiger charge is -2.39. The summed E-state index contributed by atoms with van der Waals surface area (Å²) < 4.78 is 35.4. The number of imidazole rings is 2. The van der Waals surface area contributed by atoms with Crippen molar-refractivity contribution >= 4 is 33.7 Å². The molecule has 0 saturated carbocycles. The number of rotatable bonds is 7. The number of halogens is 2. The third-order valence-corrected chi connectivity index (χ3v) is 5.59. The van der Waals surface area contributed by atoms with Gasteiger partial charge in [-0.1, -0.05) is 6.07 Å². The van der Waals surface area contributed by atoms with E-state index < -0.39 is 19.0 Å². The summed E-state index contributed by atoms with van der Waals surface area (Å²) >= 11 is 0. The molecule has 5 rings (SSSR count). The molecule has 0 atom stereocenters. The van der Waals surface area contributed by atoms with Gasteiger partial charge < -0.3 is 14.6 Å². The smallest absolute Gasteiger partial charge is 0.327 e. The number of nitrogens with zero attached hydrogens (tertiary/aromatic N) is 7. The van der Waals surface area contributed by atoms with E-state index in [9.17, 15) is 13.6 Å². The van der Waals surface area contributed by atoms with Crippen LogP contribution in [0, 0.1) is 6.57 Å². The molecule has 3 aromatic heterocycles. The van der Waals surface area contributed by atoms with Gasteiger partial charge in [0.05, 0.1) is 30.7 Å². The predicted octanol–water partition coefficient (Wildman–Crippen LogP) is 2.89. The second-order valence-corrected chi connectivity index (χ2v) is 7.94. The predicted molar refractivity (Wildman–Crippen MR) is 117 cm³/mol. The van der Waals surface area contributed by atoms with Gasteiger partial charge in [0.1, 0.15) is 11.8 Å². The lowest BCUT2D eigenvalue weighted by Crippen LogP contribution is -2.56. The molecule has 0 aliphatic carbocycles. The van der Waals surface area contributed by atoms with E-state index in [0.29, 0.717) is 47.5 Å². The van der Waals surface area contributed by atoms with Crippen LogP contribution in [-0.4, -0.2) is 61.8 Å². The summed E-state index contributed by atoms with van der Waals surface area (Å²) in [6.07, 6.45) is 2.95. The molecule has 1 saturated heterocycles. The molecular weight excluding hydrogens is 434 g/mol. The van der Waals surface area contributed by atoms with E-state index in [1.807, 2.05) is 0 Å². The molecule has 1 aliphatic rings. The third-order valence-electron chi connectivity index (χ3n) is 5.59. The van der Waals surface area contributed by atoms with Crippen molar-refractivity contribution in [2.75, 3.05) is 31.7 Å². The van der Waals surface area contributed by atoms with Crippen LogP contribution in [0.15, 0.2) is 29.3 Å². The second kappa shape index (κ2) is 7.93.